The minimum absolute atomic E-state index is 0.183. The second-order valence-electron chi connectivity index (χ2n) is 6.52. The van der Waals surface area contributed by atoms with Gasteiger partial charge >= 0.3 is 5.97 Å². The quantitative estimate of drug-likeness (QED) is 0.809. The fraction of sp³-hybridized carbons (Fsp3) is 0.333. The van der Waals surface area contributed by atoms with Crippen molar-refractivity contribution in [2.45, 2.75) is 18.3 Å². The summed E-state index contributed by atoms with van der Waals surface area (Å²) in [5.74, 6) is 0.641. The highest BCUT2D eigenvalue weighted by Gasteiger charge is 2.52. The van der Waals surface area contributed by atoms with Crippen LogP contribution < -0.4 is 0 Å². The van der Waals surface area contributed by atoms with E-state index in [2.05, 4.69) is 4.40 Å². The molecule has 0 unspecified atom stereocenters. The van der Waals surface area contributed by atoms with Crippen molar-refractivity contribution >= 4 is 28.2 Å². The van der Waals surface area contributed by atoms with Crippen LogP contribution >= 0.6 is 10.8 Å². The van der Waals surface area contributed by atoms with Gasteiger partial charge in [0.1, 0.15) is 0 Å². The molecular formula is C18H20N2O4S. The number of allylic oxidation sites excluding steroid dienone is 2. The molecule has 1 fully saturated rings. The van der Waals surface area contributed by atoms with Crippen molar-refractivity contribution in [3.63, 3.8) is 0 Å². The van der Waals surface area contributed by atoms with E-state index in [1.54, 1.807) is 0 Å². The molecule has 2 aliphatic heterocycles. The maximum absolute atomic E-state index is 12.0. The van der Waals surface area contributed by atoms with Gasteiger partial charge in [0.15, 0.2) is 5.84 Å². The molecule has 2 heterocycles. The first-order chi connectivity index (χ1) is 12.0. The molecule has 25 heavy (non-hydrogen) atoms. The van der Waals surface area contributed by atoms with Crippen LogP contribution in [0.15, 0.2) is 47.0 Å². The number of amidine groups is 1. The fourth-order valence-electron chi connectivity index (χ4n) is 3.36. The fourth-order valence-corrected chi connectivity index (χ4v) is 4.37. The summed E-state index contributed by atoms with van der Waals surface area (Å²) < 4.78 is 29.0. The van der Waals surface area contributed by atoms with Gasteiger partial charge in [-0.1, -0.05) is 35.0 Å². The molecule has 1 aromatic carbocycles. The maximum atomic E-state index is 12.0. The molecule has 0 atom stereocenters. The Labute approximate surface area is 148 Å². The normalized spacial score (nSPS) is 23.9. The van der Waals surface area contributed by atoms with Crippen LogP contribution in [0.2, 0.25) is 0 Å². The average molecular weight is 360 g/mol. The van der Waals surface area contributed by atoms with Crippen molar-refractivity contribution < 1.29 is 18.6 Å². The number of methoxy groups -OCH3 is 1. The largest absolute Gasteiger partial charge is 0.468 e. The molecule has 4 rings (SSSR count). The Kier molecular flexibility index (Phi) is 3.75. The summed E-state index contributed by atoms with van der Waals surface area (Å²) in [6.07, 6.45) is 7.36. The zero-order valence-electron chi connectivity index (χ0n) is 13.9. The number of rotatable bonds is 3. The molecule has 0 saturated heterocycles. The number of benzene rings is 1. The second-order valence-corrected chi connectivity index (χ2v) is 8.37. The van der Waals surface area contributed by atoms with Crippen molar-refractivity contribution in [2.75, 3.05) is 19.4 Å². The summed E-state index contributed by atoms with van der Waals surface area (Å²) in [7, 11) is -1.50. The molecule has 0 amide bonds. The smallest absolute Gasteiger partial charge is 0.316 e. The molecule has 1 aliphatic carbocycles. The number of carbonyl (C=O) groups is 1. The number of hydrogen-bond donors (Lipinski definition) is 2. The van der Waals surface area contributed by atoms with Gasteiger partial charge in [0.05, 0.1) is 18.3 Å². The van der Waals surface area contributed by atoms with E-state index in [0.29, 0.717) is 12.4 Å². The van der Waals surface area contributed by atoms with E-state index in [0.717, 1.165) is 29.5 Å². The van der Waals surface area contributed by atoms with Crippen molar-refractivity contribution in [1.29, 1.82) is 0 Å². The van der Waals surface area contributed by atoms with Gasteiger partial charge in [-0.05, 0) is 36.1 Å². The standard InChI is InChI=1S/C18H20N2O4S/c1-24-17(21)18(8-9-18)14-6-4-13(5-7-14)15-3-2-10-20-11-12-25(22,23)19-16(15)20/h2-7,10,22-23H,8-9,11-12H2,1H3. The Hall–Kier alpha value is -2.09. The van der Waals surface area contributed by atoms with Gasteiger partial charge in [-0.25, -0.2) is 0 Å². The predicted molar refractivity (Wildman–Crippen MR) is 98.3 cm³/mol. The first kappa shape index (κ1) is 16.4. The first-order valence-corrected chi connectivity index (χ1v) is 9.83. The zero-order chi connectivity index (χ0) is 17.7. The third kappa shape index (κ3) is 2.78. The molecule has 3 aliphatic rings. The first-order valence-electron chi connectivity index (χ1n) is 8.16. The number of carbonyl (C=O) groups excluding carboxylic acids is 1. The number of hydrogen-bond acceptors (Lipinski definition) is 6. The van der Waals surface area contributed by atoms with Crippen molar-refractivity contribution in [1.82, 2.24) is 4.90 Å². The Balaban J connectivity index is 1.66. The molecule has 1 aromatic rings. The molecule has 0 bridgehead atoms. The monoisotopic (exact) mass is 360 g/mol. The van der Waals surface area contributed by atoms with Gasteiger partial charge in [0, 0.05) is 18.3 Å². The molecule has 7 heteroatoms. The average Bonchev–Trinajstić information content (AvgIpc) is 3.42. The van der Waals surface area contributed by atoms with Crippen LogP contribution in [-0.2, 0) is 14.9 Å². The van der Waals surface area contributed by atoms with Gasteiger partial charge < -0.3 is 9.64 Å². The molecule has 0 spiro atoms. The number of esters is 1. The van der Waals surface area contributed by atoms with Crippen LogP contribution in [0.1, 0.15) is 24.0 Å². The van der Waals surface area contributed by atoms with Crippen molar-refractivity contribution in [3.05, 3.63) is 53.7 Å². The summed E-state index contributed by atoms with van der Waals surface area (Å²) in [4.78, 5) is 13.9. The number of nitrogens with zero attached hydrogens (tertiary/aromatic N) is 2. The van der Waals surface area contributed by atoms with Gasteiger partial charge in [0.25, 0.3) is 0 Å². The Morgan fingerprint density at radius 2 is 2.00 bits per heavy atom. The summed E-state index contributed by atoms with van der Waals surface area (Å²) in [6.45, 7) is 0.526. The lowest BCUT2D eigenvalue weighted by molar-refractivity contribution is -0.143. The molecule has 2 N–H and O–H groups in total. The lowest BCUT2D eigenvalue weighted by atomic mass is 9.93. The van der Waals surface area contributed by atoms with Crippen LogP contribution in [0.5, 0.6) is 0 Å². The predicted octanol–water partition coefficient (Wildman–Crippen LogP) is 3.18. The zero-order valence-corrected chi connectivity index (χ0v) is 14.7. The summed E-state index contributed by atoms with van der Waals surface area (Å²) in [5.41, 5.74) is 2.24. The third-order valence-electron chi connectivity index (χ3n) is 4.96. The topological polar surface area (TPSA) is 82.4 Å². The molecule has 1 saturated carbocycles. The third-order valence-corrected chi connectivity index (χ3v) is 6.15. The molecular weight excluding hydrogens is 340 g/mol. The lowest BCUT2D eigenvalue weighted by Gasteiger charge is -2.38. The van der Waals surface area contributed by atoms with Gasteiger partial charge in [-0.15, -0.1) is 4.40 Å². The summed E-state index contributed by atoms with van der Waals surface area (Å²) in [5, 5.41) is 0. The minimum atomic E-state index is -2.92. The van der Waals surface area contributed by atoms with Crippen LogP contribution in [0.3, 0.4) is 0 Å². The van der Waals surface area contributed by atoms with Gasteiger partial charge in [-0.2, -0.15) is 0 Å². The number of ether oxygens (including phenoxy) is 1. The second kappa shape index (κ2) is 5.72. The van der Waals surface area contributed by atoms with Crippen molar-refractivity contribution in [2.24, 2.45) is 4.40 Å². The van der Waals surface area contributed by atoms with Gasteiger partial charge in [-0.3, -0.25) is 13.9 Å². The van der Waals surface area contributed by atoms with Crippen LogP contribution in [0, 0.1) is 0 Å². The number of fused-ring (bicyclic) bond motifs is 1. The van der Waals surface area contributed by atoms with Crippen LogP contribution in [-0.4, -0.2) is 45.2 Å². The van der Waals surface area contributed by atoms with Crippen LogP contribution in [0.25, 0.3) is 5.57 Å². The molecule has 132 valence electrons. The van der Waals surface area contributed by atoms with Gasteiger partial charge in [0.2, 0.25) is 0 Å². The Bertz CT molecular complexity index is 807. The summed E-state index contributed by atoms with van der Waals surface area (Å²) >= 11 is 0. The van der Waals surface area contributed by atoms with E-state index >= 15 is 0 Å². The van der Waals surface area contributed by atoms with E-state index in [1.807, 2.05) is 47.5 Å². The highest BCUT2D eigenvalue weighted by atomic mass is 32.3. The van der Waals surface area contributed by atoms with E-state index in [4.69, 9.17) is 4.74 Å². The Morgan fingerprint density at radius 3 is 2.64 bits per heavy atom. The SMILES string of the molecule is COC(=O)C1(c2ccc(C3=CC=CN4CCS(O)(O)N=C34)cc2)CC1. The maximum Gasteiger partial charge on any atom is 0.316 e. The van der Waals surface area contributed by atoms with E-state index < -0.39 is 16.2 Å². The Morgan fingerprint density at radius 1 is 1.28 bits per heavy atom. The highest BCUT2D eigenvalue weighted by molar-refractivity contribution is 8.23. The van der Waals surface area contributed by atoms with E-state index in [-0.39, 0.29) is 11.7 Å². The molecule has 6 nitrogen and oxygen atoms in total. The lowest BCUT2D eigenvalue weighted by Crippen LogP contribution is -2.36. The highest BCUT2D eigenvalue weighted by Crippen LogP contribution is 2.49. The van der Waals surface area contributed by atoms with Crippen molar-refractivity contribution in [3.8, 4) is 0 Å². The minimum Gasteiger partial charge on any atom is -0.468 e. The summed E-state index contributed by atoms with van der Waals surface area (Å²) in [6, 6.07) is 7.79. The van der Waals surface area contributed by atoms with Crippen LogP contribution in [0.4, 0.5) is 0 Å². The van der Waals surface area contributed by atoms with E-state index in [9.17, 15) is 13.9 Å². The molecule has 0 radical (unpaired) electrons. The molecule has 0 aromatic heterocycles. The van der Waals surface area contributed by atoms with E-state index in [1.165, 1.54) is 7.11 Å².